The van der Waals surface area contributed by atoms with E-state index in [1.807, 2.05) is 54.6 Å². The highest BCUT2D eigenvalue weighted by molar-refractivity contribution is 6.33. The van der Waals surface area contributed by atoms with Crippen LogP contribution in [-0.2, 0) is 6.42 Å². The van der Waals surface area contributed by atoms with Crippen molar-refractivity contribution >= 4 is 23.1 Å². The predicted molar refractivity (Wildman–Crippen MR) is 137 cm³/mol. The first-order valence-corrected chi connectivity index (χ1v) is 12.3. The lowest BCUT2D eigenvalue weighted by Crippen LogP contribution is -2.49. The molecule has 0 radical (unpaired) electrons. The lowest BCUT2D eigenvalue weighted by Gasteiger charge is -2.37. The number of hydrogen-bond acceptors (Lipinski definition) is 5. The number of hydrogen-bond donors (Lipinski definition) is 1. The molecule has 7 heteroatoms. The molecule has 0 amide bonds. The maximum absolute atomic E-state index is 13.9. The van der Waals surface area contributed by atoms with Crippen molar-refractivity contribution in [1.82, 2.24) is 4.90 Å². The molecule has 1 heterocycles. The molecular formula is C28H30ClFN2O3. The Labute approximate surface area is 210 Å². The van der Waals surface area contributed by atoms with Crippen LogP contribution in [0.3, 0.4) is 0 Å². The zero-order chi connectivity index (χ0) is 24.6. The topological polar surface area (TPSA) is 53.0 Å². The number of ether oxygens (including phenoxy) is 1. The minimum atomic E-state index is -0.737. The normalized spacial score (nSPS) is 15.1. The third kappa shape index (κ3) is 7.04. The second kappa shape index (κ2) is 12.2. The van der Waals surface area contributed by atoms with Crippen LogP contribution in [0.15, 0.2) is 72.8 Å². The fourth-order valence-corrected chi connectivity index (χ4v) is 4.55. The standard InChI is InChI=1S/C28H30ClFN2O3/c29-25-8-4-5-9-26(25)32-16-14-31(15-17-32)19-23(33)20-35-28-13-11-22(30)18-24(28)27(34)12-10-21-6-2-1-3-7-21/h1-9,11,13,18,23,33H,10,12,14-17,19-20H2. The molecule has 1 saturated heterocycles. The van der Waals surface area contributed by atoms with E-state index in [2.05, 4.69) is 9.80 Å². The van der Waals surface area contributed by atoms with Crippen molar-refractivity contribution in [3.8, 4) is 5.75 Å². The molecule has 1 aliphatic heterocycles. The van der Waals surface area contributed by atoms with Gasteiger partial charge < -0.3 is 14.7 Å². The molecule has 3 aromatic carbocycles. The van der Waals surface area contributed by atoms with Gasteiger partial charge in [0, 0.05) is 39.1 Å². The van der Waals surface area contributed by atoms with E-state index in [1.54, 1.807) is 0 Å². The van der Waals surface area contributed by atoms with Gasteiger partial charge in [0.25, 0.3) is 0 Å². The largest absolute Gasteiger partial charge is 0.490 e. The highest BCUT2D eigenvalue weighted by atomic mass is 35.5. The molecule has 35 heavy (non-hydrogen) atoms. The zero-order valence-corrected chi connectivity index (χ0v) is 20.3. The second-order valence-corrected chi connectivity index (χ2v) is 9.16. The van der Waals surface area contributed by atoms with Gasteiger partial charge in [-0.05, 0) is 42.3 Å². The summed E-state index contributed by atoms with van der Waals surface area (Å²) in [5.41, 5.74) is 2.28. The van der Waals surface area contributed by atoms with Crippen LogP contribution in [0.1, 0.15) is 22.3 Å². The Hall–Kier alpha value is -2.93. The molecular weight excluding hydrogens is 467 g/mol. The van der Waals surface area contributed by atoms with Crippen LogP contribution in [0.2, 0.25) is 5.02 Å². The van der Waals surface area contributed by atoms with Crippen molar-refractivity contribution in [1.29, 1.82) is 0 Å². The number of nitrogens with zero attached hydrogens (tertiary/aromatic N) is 2. The van der Waals surface area contributed by atoms with E-state index in [1.165, 1.54) is 18.2 Å². The fourth-order valence-electron chi connectivity index (χ4n) is 4.30. The van der Waals surface area contributed by atoms with Crippen molar-refractivity contribution in [2.75, 3.05) is 44.2 Å². The monoisotopic (exact) mass is 496 g/mol. The Morgan fingerprint density at radius 2 is 1.71 bits per heavy atom. The Bertz CT molecular complexity index is 1120. The van der Waals surface area contributed by atoms with E-state index >= 15 is 0 Å². The highest BCUT2D eigenvalue weighted by Gasteiger charge is 2.21. The fraction of sp³-hybridized carbons (Fsp3) is 0.321. The zero-order valence-electron chi connectivity index (χ0n) is 19.6. The van der Waals surface area contributed by atoms with Crippen LogP contribution >= 0.6 is 11.6 Å². The number of halogens is 2. The lowest BCUT2D eigenvalue weighted by atomic mass is 10.0. The molecule has 4 rings (SSSR count). The summed E-state index contributed by atoms with van der Waals surface area (Å²) < 4.78 is 19.7. The molecule has 1 atom stereocenters. The predicted octanol–water partition coefficient (Wildman–Crippen LogP) is 4.86. The molecule has 1 unspecified atom stereocenters. The summed E-state index contributed by atoms with van der Waals surface area (Å²) in [4.78, 5) is 17.2. The first kappa shape index (κ1) is 25.2. The third-order valence-electron chi connectivity index (χ3n) is 6.19. The summed E-state index contributed by atoms with van der Waals surface area (Å²) in [7, 11) is 0. The number of aliphatic hydroxyl groups is 1. The maximum atomic E-state index is 13.9. The first-order valence-electron chi connectivity index (χ1n) is 11.9. The summed E-state index contributed by atoms with van der Waals surface area (Å²) in [5.74, 6) is -0.377. The average Bonchev–Trinajstić information content (AvgIpc) is 2.88. The van der Waals surface area contributed by atoms with Crippen molar-refractivity contribution in [2.24, 2.45) is 0 Å². The van der Waals surface area contributed by atoms with Gasteiger partial charge >= 0.3 is 0 Å². The molecule has 0 aromatic heterocycles. The van der Waals surface area contributed by atoms with E-state index in [4.69, 9.17) is 16.3 Å². The number of aliphatic hydroxyl groups excluding tert-OH is 1. The van der Waals surface area contributed by atoms with Crippen LogP contribution in [0.5, 0.6) is 5.75 Å². The van der Waals surface area contributed by atoms with Crippen molar-refractivity contribution in [3.63, 3.8) is 0 Å². The molecule has 0 saturated carbocycles. The molecule has 0 aliphatic carbocycles. The average molecular weight is 497 g/mol. The van der Waals surface area contributed by atoms with E-state index < -0.39 is 11.9 Å². The van der Waals surface area contributed by atoms with E-state index in [0.29, 0.717) is 18.7 Å². The lowest BCUT2D eigenvalue weighted by molar-refractivity contribution is 0.0655. The van der Waals surface area contributed by atoms with Crippen molar-refractivity contribution in [2.45, 2.75) is 18.9 Å². The van der Waals surface area contributed by atoms with Gasteiger partial charge in [-0.3, -0.25) is 9.69 Å². The number of piperazine rings is 1. The van der Waals surface area contributed by atoms with Crippen molar-refractivity contribution < 1.29 is 19.0 Å². The summed E-state index contributed by atoms with van der Waals surface area (Å²) in [6.07, 6.45) is 0.0831. The van der Waals surface area contributed by atoms with Gasteiger partial charge in [-0.1, -0.05) is 54.1 Å². The molecule has 1 N–H and O–H groups in total. The molecule has 5 nitrogen and oxygen atoms in total. The molecule has 1 fully saturated rings. The van der Waals surface area contributed by atoms with Gasteiger partial charge in [-0.15, -0.1) is 0 Å². The number of Topliss-reactive ketones (excluding diaryl/α,β-unsaturated/α-hetero) is 1. The van der Waals surface area contributed by atoms with Crippen LogP contribution in [0.25, 0.3) is 0 Å². The summed E-state index contributed by atoms with van der Waals surface area (Å²) >= 11 is 6.31. The second-order valence-electron chi connectivity index (χ2n) is 8.75. The molecule has 0 spiro atoms. The van der Waals surface area contributed by atoms with Gasteiger partial charge in [-0.25, -0.2) is 4.39 Å². The number of benzene rings is 3. The number of para-hydroxylation sites is 1. The van der Waals surface area contributed by atoms with Crippen molar-refractivity contribution in [3.05, 3.63) is 94.8 Å². The number of carbonyl (C=O) groups excluding carboxylic acids is 1. The minimum Gasteiger partial charge on any atom is -0.490 e. The Morgan fingerprint density at radius 1 is 1.00 bits per heavy atom. The number of β-amino-alcohol motifs (C(OH)–C–C–N with tert-alkyl or cyclic N) is 1. The molecule has 1 aliphatic rings. The maximum Gasteiger partial charge on any atom is 0.167 e. The molecule has 184 valence electrons. The van der Waals surface area contributed by atoms with Crippen LogP contribution < -0.4 is 9.64 Å². The van der Waals surface area contributed by atoms with Gasteiger partial charge in [0.2, 0.25) is 0 Å². The minimum absolute atomic E-state index is 0.0231. The Kier molecular flexibility index (Phi) is 8.74. The molecule has 0 bridgehead atoms. The number of aryl methyl sites for hydroxylation is 1. The number of anilines is 1. The smallest absolute Gasteiger partial charge is 0.167 e. The van der Waals surface area contributed by atoms with Gasteiger partial charge in [0.15, 0.2) is 5.78 Å². The summed E-state index contributed by atoms with van der Waals surface area (Å²) in [6.45, 7) is 3.69. The van der Waals surface area contributed by atoms with E-state index in [0.717, 1.165) is 42.5 Å². The third-order valence-corrected chi connectivity index (χ3v) is 6.51. The van der Waals surface area contributed by atoms with Crippen LogP contribution in [0, 0.1) is 5.82 Å². The number of ketones is 1. The first-order chi connectivity index (χ1) is 17.0. The molecule has 3 aromatic rings. The number of carbonyl (C=O) groups is 1. The SMILES string of the molecule is O=C(CCc1ccccc1)c1cc(F)ccc1OCC(O)CN1CCN(c2ccccc2Cl)CC1. The van der Waals surface area contributed by atoms with Gasteiger partial charge in [-0.2, -0.15) is 0 Å². The van der Waals surface area contributed by atoms with E-state index in [-0.39, 0.29) is 24.4 Å². The van der Waals surface area contributed by atoms with E-state index in [9.17, 15) is 14.3 Å². The van der Waals surface area contributed by atoms with Crippen LogP contribution in [0.4, 0.5) is 10.1 Å². The number of rotatable bonds is 10. The Morgan fingerprint density at radius 3 is 2.46 bits per heavy atom. The summed E-state index contributed by atoms with van der Waals surface area (Å²) in [6, 6.07) is 21.4. The quantitative estimate of drug-likeness (QED) is 0.406. The highest BCUT2D eigenvalue weighted by Crippen LogP contribution is 2.26. The summed E-state index contributed by atoms with van der Waals surface area (Å²) in [5, 5.41) is 11.3. The van der Waals surface area contributed by atoms with Gasteiger partial charge in [0.05, 0.1) is 16.3 Å². The Balaban J connectivity index is 1.27. The van der Waals surface area contributed by atoms with Gasteiger partial charge in [0.1, 0.15) is 24.3 Å². The van der Waals surface area contributed by atoms with Crippen LogP contribution in [-0.4, -0.2) is 61.2 Å².